The maximum absolute atomic E-state index is 9.53. The largest absolute Gasteiger partial charge is 0.481 e. The van der Waals surface area contributed by atoms with E-state index in [1.54, 1.807) is 6.92 Å². The van der Waals surface area contributed by atoms with E-state index < -0.39 is 5.97 Å². The zero-order valence-electron chi connectivity index (χ0n) is 11.2. The second-order valence-corrected chi connectivity index (χ2v) is 3.39. The van der Waals surface area contributed by atoms with Gasteiger partial charge < -0.3 is 5.11 Å². The summed E-state index contributed by atoms with van der Waals surface area (Å²) in [5.41, 5.74) is 1.73. The Bertz CT molecular complexity index is 442. The molecule has 0 saturated carbocycles. The summed E-state index contributed by atoms with van der Waals surface area (Å²) < 4.78 is 0. The molecule has 0 bridgehead atoms. The topological polar surface area (TPSA) is 61.1 Å². The fourth-order valence-electron chi connectivity index (χ4n) is 0.713. The lowest BCUT2D eigenvalue weighted by atomic mass is 10.2. The van der Waals surface area contributed by atoms with Crippen molar-refractivity contribution in [3.8, 4) is 6.07 Å². The summed E-state index contributed by atoms with van der Waals surface area (Å²) in [5.74, 6) is -0.829. The molecule has 0 saturated heterocycles. The number of carboxylic acids is 1. The molecule has 3 heteroatoms. The summed E-state index contributed by atoms with van der Waals surface area (Å²) in [5, 5.41) is 15.6. The second kappa shape index (κ2) is 13.5. The van der Waals surface area contributed by atoms with E-state index >= 15 is 0 Å². The molecule has 0 amide bonds. The van der Waals surface area contributed by atoms with Crippen molar-refractivity contribution in [1.29, 1.82) is 5.26 Å². The van der Waals surface area contributed by atoms with Crippen LogP contribution < -0.4 is 0 Å². The number of nitriles is 1. The van der Waals surface area contributed by atoms with Crippen molar-refractivity contribution in [2.75, 3.05) is 0 Å². The van der Waals surface area contributed by atoms with Gasteiger partial charge in [0.25, 0.3) is 0 Å². The number of carboxylic acid groups (broad SMARTS) is 1. The maximum Gasteiger partial charge on any atom is 0.307 e. The predicted octanol–water partition coefficient (Wildman–Crippen LogP) is 4.06. The van der Waals surface area contributed by atoms with Gasteiger partial charge in [0.2, 0.25) is 0 Å². The first-order chi connectivity index (χ1) is 8.97. The van der Waals surface area contributed by atoms with Crippen LogP contribution in [0.3, 0.4) is 0 Å². The lowest BCUT2D eigenvalue weighted by Crippen LogP contribution is -1.88. The van der Waals surface area contributed by atoms with Crippen LogP contribution in [0, 0.1) is 11.3 Å². The predicted molar refractivity (Wildman–Crippen MR) is 79.4 cm³/mol. The SMILES string of the molecule is C=C(C)C#N.C=CCC(=O)O.C=Cc1ccccc1. The average molecular weight is 257 g/mol. The maximum atomic E-state index is 9.53. The molecule has 3 nitrogen and oxygen atoms in total. The van der Waals surface area contributed by atoms with Gasteiger partial charge >= 0.3 is 5.97 Å². The quantitative estimate of drug-likeness (QED) is 0.656. The van der Waals surface area contributed by atoms with Crippen LogP contribution in [0.2, 0.25) is 0 Å². The molecule has 1 aromatic carbocycles. The summed E-state index contributed by atoms with van der Waals surface area (Å²) in [6, 6.07) is 11.9. The van der Waals surface area contributed by atoms with E-state index in [1.165, 1.54) is 11.6 Å². The number of rotatable bonds is 3. The van der Waals surface area contributed by atoms with Gasteiger partial charge in [0, 0.05) is 5.57 Å². The van der Waals surface area contributed by atoms with Crippen LogP contribution in [0.5, 0.6) is 0 Å². The second-order valence-electron chi connectivity index (χ2n) is 3.39. The molecular formula is C16H19NO2. The third-order valence-electron chi connectivity index (χ3n) is 1.55. The number of hydrogen-bond donors (Lipinski definition) is 1. The van der Waals surface area contributed by atoms with Gasteiger partial charge in [-0.1, -0.05) is 55.6 Å². The van der Waals surface area contributed by atoms with Gasteiger partial charge in [-0.2, -0.15) is 5.26 Å². The fourth-order valence-corrected chi connectivity index (χ4v) is 0.713. The minimum Gasteiger partial charge on any atom is -0.481 e. The zero-order valence-corrected chi connectivity index (χ0v) is 11.2. The molecule has 0 heterocycles. The molecule has 0 atom stereocenters. The van der Waals surface area contributed by atoms with E-state index in [0.717, 1.165) is 0 Å². The molecule has 0 fully saturated rings. The fraction of sp³-hybridized carbons (Fsp3) is 0.125. The molecule has 19 heavy (non-hydrogen) atoms. The van der Waals surface area contributed by atoms with Crippen LogP contribution >= 0.6 is 0 Å². The highest BCUT2D eigenvalue weighted by Crippen LogP contribution is 1.97. The lowest BCUT2D eigenvalue weighted by molar-refractivity contribution is -0.135. The molecule has 100 valence electrons. The first-order valence-corrected chi connectivity index (χ1v) is 5.53. The Labute approximate surface area is 114 Å². The lowest BCUT2D eigenvalue weighted by Gasteiger charge is -1.85. The van der Waals surface area contributed by atoms with Crippen LogP contribution in [0.15, 0.2) is 61.7 Å². The summed E-state index contributed by atoms with van der Waals surface area (Å²) in [6.07, 6.45) is 3.24. The Morgan fingerprint density at radius 2 is 1.84 bits per heavy atom. The molecular weight excluding hydrogens is 238 g/mol. The van der Waals surface area contributed by atoms with Crippen molar-refractivity contribution >= 4 is 12.0 Å². The van der Waals surface area contributed by atoms with E-state index in [2.05, 4.69) is 19.7 Å². The summed E-state index contributed by atoms with van der Waals surface area (Å²) in [7, 11) is 0. The third-order valence-corrected chi connectivity index (χ3v) is 1.55. The van der Waals surface area contributed by atoms with Gasteiger partial charge in [-0.25, -0.2) is 0 Å². The molecule has 0 spiro atoms. The minimum atomic E-state index is -0.829. The molecule has 0 aromatic heterocycles. The van der Waals surface area contributed by atoms with Gasteiger partial charge in [0.05, 0.1) is 12.5 Å². The van der Waals surface area contributed by atoms with Crippen LogP contribution in [0.4, 0.5) is 0 Å². The van der Waals surface area contributed by atoms with E-state index in [-0.39, 0.29) is 6.42 Å². The van der Waals surface area contributed by atoms with Crippen molar-refractivity contribution in [3.05, 3.63) is 67.3 Å². The number of benzene rings is 1. The van der Waals surface area contributed by atoms with Crippen LogP contribution in [-0.2, 0) is 4.79 Å². The molecule has 0 radical (unpaired) electrons. The van der Waals surface area contributed by atoms with Crippen molar-refractivity contribution in [3.63, 3.8) is 0 Å². The van der Waals surface area contributed by atoms with E-state index in [9.17, 15) is 4.79 Å². The standard InChI is InChI=1S/C8H8.C4H5N.C4H6O2/c1-2-8-6-4-3-5-7-8;1-4(2)3-5;1-2-3-4(5)6/h2-7H,1H2;1H2,2H3;2H,1,3H2,(H,5,6). The zero-order chi connectivity index (χ0) is 15.1. The number of allylic oxidation sites excluding steroid dienone is 1. The Morgan fingerprint density at radius 1 is 1.37 bits per heavy atom. The van der Waals surface area contributed by atoms with Gasteiger partial charge in [-0.3, -0.25) is 4.79 Å². The number of nitrogens with zero attached hydrogens (tertiary/aromatic N) is 1. The first-order valence-electron chi connectivity index (χ1n) is 5.53. The summed E-state index contributed by atoms with van der Waals surface area (Å²) in [6.45, 7) is 11.8. The molecule has 0 aliphatic rings. The van der Waals surface area contributed by atoms with E-state index in [4.69, 9.17) is 10.4 Å². The number of carbonyl (C=O) groups is 1. The third kappa shape index (κ3) is 18.0. The highest BCUT2D eigenvalue weighted by Gasteiger charge is 1.84. The Hall–Kier alpha value is -2.60. The van der Waals surface area contributed by atoms with Gasteiger partial charge in [-0.15, -0.1) is 6.58 Å². The normalized spacial score (nSPS) is 7.37. The Balaban J connectivity index is 0. The monoisotopic (exact) mass is 257 g/mol. The molecule has 1 rings (SSSR count). The van der Waals surface area contributed by atoms with E-state index in [1.807, 2.05) is 42.5 Å². The van der Waals surface area contributed by atoms with Gasteiger partial charge in [0.15, 0.2) is 0 Å². The Morgan fingerprint density at radius 3 is 2.00 bits per heavy atom. The number of aliphatic carboxylic acids is 1. The molecule has 0 aliphatic heterocycles. The molecule has 1 N–H and O–H groups in total. The van der Waals surface area contributed by atoms with Crippen molar-refractivity contribution < 1.29 is 9.90 Å². The van der Waals surface area contributed by atoms with Crippen LogP contribution in [-0.4, -0.2) is 11.1 Å². The highest BCUT2D eigenvalue weighted by molar-refractivity contribution is 5.68. The average Bonchev–Trinajstić information content (AvgIpc) is 2.41. The Kier molecular flexibility index (Phi) is 13.3. The van der Waals surface area contributed by atoms with E-state index in [0.29, 0.717) is 5.57 Å². The molecule has 0 unspecified atom stereocenters. The van der Waals surface area contributed by atoms with Crippen LogP contribution in [0.1, 0.15) is 18.9 Å². The van der Waals surface area contributed by atoms with Gasteiger partial charge in [-0.05, 0) is 12.5 Å². The smallest absolute Gasteiger partial charge is 0.307 e. The van der Waals surface area contributed by atoms with Crippen molar-refractivity contribution in [2.24, 2.45) is 0 Å². The number of hydrogen-bond acceptors (Lipinski definition) is 2. The highest BCUT2D eigenvalue weighted by atomic mass is 16.4. The van der Waals surface area contributed by atoms with Crippen molar-refractivity contribution in [1.82, 2.24) is 0 Å². The van der Waals surface area contributed by atoms with Crippen molar-refractivity contribution in [2.45, 2.75) is 13.3 Å². The van der Waals surface area contributed by atoms with Gasteiger partial charge in [0.1, 0.15) is 0 Å². The summed E-state index contributed by atoms with van der Waals surface area (Å²) in [4.78, 5) is 9.53. The molecule has 1 aromatic rings. The first kappa shape index (κ1) is 18.8. The molecule has 0 aliphatic carbocycles. The minimum absolute atomic E-state index is 0.0556. The summed E-state index contributed by atoms with van der Waals surface area (Å²) >= 11 is 0. The van der Waals surface area contributed by atoms with Crippen LogP contribution in [0.25, 0.3) is 6.08 Å².